The maximum Gasteiger partial charge on any atom is 0.112 e. The molecule has 1 unspecified atom stereocenters. The van der Waals surface area contributed by atoms with Crippen molar-refractivity contribution >= 4 is 0 Å². The molecule has 0 aliphatic heterocycles. The maximum absolute atomic E-state index is 8.93. The molecule has 62 valence electrons. The molecule has 0 radical (unpaired) electrons. The molecule has 0 bridgehead atoms. The number of hydrogen-bond acceptors (Lipinski definition) is 1. The highest BCUT2D eigenvalue weighted by Crippen LogP contribution is 2.04. The second-order valence-corrected chi connectivity index (χ2v) is 2.76. The highest BCUT2D eigenvalue weighted by Gasteiger charge is 1.90. The zero-order valence-electron chi connectivity index (χ0n) is 7.33. The molecule has 1 aromatic rings. The van der Waals surface area contributed by atoms with Gasteiger partial charge in [0.15, 0.2) is 0 Å². The summed E-state index contributed by atoms with van der Waals surface area (Å²) in [6, 6.07) is 7.87. The molecular weight excluding hydrogens is 148 g/mol. The summed E-state index contributed by atoms with van der Waals surface area (Å²) in [6.07, 6.45) is -0.551. The highest BCUT2D eigenvalue weighted by atomic mass is 16.3. The van der Waals surface area contributed by atoms with Crippen molar-refractivity contribution < 1.29 is 5.11 Å². The molecule has 0 aliphatic rings. The zero-order chi connectivity index (χ0) is 8.97. The van der Waals surface area contributed by atoms with Gasteiger partial charge in [0.05, 0.1) is 0 Å². The van der Waals surface area contributed by atoms with E-state index in [1.165, 1.54) is 0 Å². The van der Waals surface area contributed by atoms with Crippen LogP contribution in [0.15, 0.2) is 24.3 Å². The second kappa shape index (κ2) is 3.94. The number of aliphatic hydroxyl groups is 1. The van der Waals surface area contributed by atoms with E-state index >= 15 is 0 Å². The van der Waals surface area contributed by atoms with Gasteiger partial charge in [0.1, 0.15) is 6.10 Å². The lowest BCUT2D eigenvalue weighted by Crippen LogP contribution is -1.93. The Labute approximate surface area is 73.0 Å². The Bertz CT molecular complexity index is 315. The Morgan fingerprint density at radius 1 is 1.33 bits per heavy atom. The molecule has 1 N–H and O–H groups in total. The van der Waals surface area contributed by atoms with Gasteiger partial charge in [0.2, 0.25) is 0 Å². The normalized spacial score (nSPS) is 11.6. The predicted octanol–water partition coefficient (Wildman–Crippen LogP) is 1.73. The standard InChI is InChI=1S/C11H12O/c1-9-5-3-4-6-11(9)8-7-10(2)12/h3-6,10,12H,1-2H3. The molecule has 0 fully saturated rings. The molecule has 0 amide bonds. The Morgan fingerprint density at radius 3 is 2.58 bits per heavy atom. The Balaban J connectivity index is 2.92. The Morgan fingerprint density at radius 2 is 2.00 bits per heavy atom. The van der Waals surface area contributed by atoms with Crippen LogP contribution in [0.1, 0.15) is 18.1 Å². The van der Waals surface area contributed by atoms with Gasteiger partial charge in [-0.25, -0.2) is 0 Å². The number of aliphatic hydroxyl groups excluding tert-OH is 1. The SMILES string of the molecule is Cc1ccccc1C#CC(C)O. The predicted molar refractivity (Wildman–Crippen MR) is 49.7 cm³/mol. The molecule has 12 heavy (non-hydrogen) atoms. The third-order valence-electron chi connectivity index (χ3n) is 1.56. The van der Waals surface area contributed by atoms with Gasteiger partial charge in [-0.2, -0.15) is 0 Å². The van der Waals surface area contributed by atoms with Crippen molar-refractivity contribution in [3.8, 4) is 11.8 Å². The first-order valence-electron chi connectivity index (χ1n) is 3.95. The number of hydrogen-bond donors (Lipinski definition) is 1. The third kappa shape index (κ3) is 2.41. The van der Waals surface area contributed by atoms with Crippen molar-refractivity contribution in [3.05, 3.63) is 35.4 Å². The summed E-state index contributed by atoms with van der Waals surface area (Å²) in [6.45, 7) is 3.66. The summed E-state index contributed by atoms with van der Waals surface area (Å²) in [4.78, 5) is 0. The van der Waals surface area contributed by atoms with Crippen LogP contribution in [0.25, 0.3) is 0 Å². The second-order valence-electron chi connectivity index (χ2n) is 2.76. The van der Waals surface area contributed by atoms with E-state index in [1.54, 1.807) is 6.92 Å². The van der Waals surface area contributed by atoms with E-state index in [2.05, 4.69) is 11.8 Å². The average molecular weight is 160 g/mol. The number of aryl methyl sites for hydroxylation is 1. The Hall–Kier alpha value is -1.26. The summed E-state index contributed by atoms with van der Waals surface area (Å²) in [5, 5.41) is 8.93. The molecule has 0 aromatic heterocycles. The Kier molecular flexibility index (Phi) is 2.90. The molecule has 0 aliphatic carbocycles. The van der Waals surface area contributed by atoms with Crippen LogP contribution < -0.4 is 0 Å². The van der Waals surface area contributed by atoms with Gasteiger partial charge in [-0.05, 0) is 25.5 Å². The summed E-state index contributed by atoms with van der Waals surface area (Å²) in [7, 11) is 0. The van der Waals surface area contributed by atoms with Crippen LogP contribution in [0, 0.1) is 18.8 Å². The summed E-state index contributed by atoms with van der Waals surface area (Å²) >= 11 is 0. The lowest BCUT2D eigenvalue weighted by Gasteiger charge is -1.95. The van der Waals surface area contributed by atoms with E-state index in [4.69, 9.17) is 5.11 Å². The van der Waals surface area contributed by atoms with Crippen molar-refractivity contribution in [3.63, 3.8) is 0 Å². The van der Waals surface area contributed by atoms with E-state index in [9.17, 15) is 0 Å². The van der Waals surface area contributed by atoms with E-state index in [-0.39, 0.29) is 0 Å². The van der Waals surface area contributed by atoms with Crippen LogP contribution in [0.3, 0.4) is 0 Å². The fourth-order valence-corrected chi connectivity index (χ4v) is 0.895. The third-order valence-corrected chi connectivity index (χ3v) is 1.56. The molecular formula is C11H12O. The minimum atomic E-state index is -0.551. The fraction of sp³-hybridized carbons (Fsp3) is 0.273. The minimum Gasteiger partial charge on any atom is -0.381 e. The average Bonchev–Trinajstić information content (AvgIpc) is 2.03. The first kappa shape index (κ1) is 8.83. The zero-order valence-corrected chi connectivity index (χ0v) is 7.33. The summed E-state index contributed by atoms with van der Waals surface area (Å²) in [5.74, 6) is 5.62. The van der Waals surface area contributed by atoms with E-state index in [1.807, 2.05) is 31.2 Å². The first-order valence-corrected chi connectivity index (χ1v) is 3.95. The van der Waals surface area contributed by atoms with Crippen molar-refractivity contribution in [1.82, 2.24) is 0 Å². The van der Waals surface area contributed by atoms with Gasteiger partial charge in [-0.3, -0.25) is 0 Å². The molecule has 1 atom stereocenters. The smallest absolute Gasteiger partial charge is 0.112 e. The number of benzene rings is 1. The van der Waals surface area contributed by atoms with Crippen LogP contribution in [-0.4, -0.2) is 11.2 Å². The molecule has 1 aromatic carbocycles. The van der Waals surface area contributed by atoms with Gasteiger partial charge in [0.25, 0.3) is 0 Å². The van der Waals surface area contributed by atoms with Gasteiger partial charge in [-0.1, -0.05) is 30.0 Å². The molecule has 1 nitrogen and oxygen atoms in total. The molecule has 1 rings (SSSR count). The topological polar surface area (TPSA) is 20.2 Å². The van der Waals surface area contributed by atoms with E-state index in [0.29, 0.717) is 0 Å². The van der Waals surface area contributed by atoms with E-state index in [0.717, 1.165) is 11.1 Å². The van der Waals surface area contributed by atoms with Crippen molar-refractivity contribution in [2.45, 2.75) is 20.0 Å². The first-order chi connectivity index (χ1) is 5.70. The fourth-order valence-electron chi connectivity index (χ4n) is 0.895. The quantitative estimate of drug-likeness (QED) is 0.573. The van der Waals surface area contributed by atoms with Crippen LogP contribution in [0.2, 0.25) is 0 Å². The summed E-state index contributed by atoms with van der Waals surface area (Å²) < 4.78 is 0. The van der Waals surface area contributed by atoms with Crippen LogP contribution in [0.5, 0.6) is 0 Å². The van der Waals surface area contributed by atoms with Gasteiger partial charge in [-0.15, -0.1) is 0 Å². The number of rotatable bonds is 0. The summed E-state index contributed by atoms with van der Waals surface area (Å²) in [5.41, 5.74) is 2.13. The van der Waals surface area contributed by atoms with Crippen LogP contribution in [-0.2, 0) is 0 Å². The van der Waals surface area contributed by atoms with Crippen molar-refractivity contribution in [2.75, 3.05) is 0 Å². The molecule has 1 heteroatoms. The van der Waals surface area contributed by atoms with Crippen LogP contribution in [0.4, 0.5) is 0 Å². The monoisotopic (exact) mass is 160 g/mol. The maximum atomic E-state index is 8.93. The molecule has 0 heterocycles. The van der Waals surface area contributed by atoms with Gasteiger partial charge >= 0.3 is 0 Å². The minimum absolute atomic E-state index is 0.551. The van der Waals surface area contributed by atoms with Gasteiger partial charge in [0, 0.05) is 5.56 Å². The van der Waals surface area contributed by atoms with Crippen LogP contribution >= 0.6 is 0 Å². The van der Waals surface area contributed by atoms with Crippen molar-refractivity contribution in [2.24, 2.45) is 0 Å². The lowest BCUT2D eigenvalue weighted by molar-refractivity contribution is 0.253. The molecule has 0 spiro atoms. The highest BCUT2D eigenvalue weighted by molar-refractivity contribution is 5.40. The van der Waals surface area contributed by atoms with E-state index < -0.39 is 6.10 Å². The van der Waals surface area contributed by atoms with Crippen molar-refractivity contribution in [1.29, 1.82) is 0 Å². The van der Waals surface area contributed by atoms with Gasteiger partial charge < -0.3 is 5.11 Å². The largest absolute Gasteiger partial charge is 0.381 e. The molecule has 0 saturated heterocycles. The molecule has 0 saturated carbocycles. The lowest BCUT2D eigenvalue weighted by atomic mass is 10.1.